The molecule has 0 amide bonds. The Hall–Kier alpha value is -2.21. The number of aliphatic hydroxyl groups excluding tert-OH is 1. The SMILES string of the molecule is CC(C(=O)C1=CC=C(O)CC1=NP(=O)(O)O)c1ccc(O)cc1. The van der Waals surface area contributed by atoms with Gasteiger partial charge in [-0.2, -0.15) is 4.76 Å². The Labute approximate surface area is 132 Å². The van der Waals surface area contributed by atoms with Crippen LogP contribution < -0.4 is 0 Å². The van der Waals surface area contributed by atoms with Gasteiger partial charge < -0.3 is 20.0 Å². The Morgan fingerprint density at radius 1 is 1.17 bits per heavy atom. The highest BCUT2D eigenvalue weighted by atomic mass is 31.2. The predicted molar refractivity (Wildman–Crippen MR) is 84.4 cm³/mol. The molecule has 1 atom stereocenters. The normalized spacial score (nSPS) is 18.3. The van der Waals surface area contributed by atoms with Gasteiger partial charge in [-0.05, 0) is 29.8 Å². The first-order valence-corrected chi connectivity index (χ1v) is 8.32. The molecule has 1 unspecified atom stereocenters. The monoisotopic (exact) mass is 337 g/mol. The van der Waals surface area contributed by atoms with Crippen molar-refractivity contribution < 1.29 is 29.4 Å². The van der Waals surface area contributed by atoms with Crippen LogP contribution in [0.25, 0.3) is 0 Å². The van der Waals surface area contributed by atoms with E-state index < -0.39 is 13.7 Å². The van der Waals surface area contributed by atoms with Crippen LogP contribution in [0.2, 0.25) is 0 Å². The largest absolute Gasteiger partial charge is 0.512 e. The molecular formula is C15H16NO6P. The second kappa shape index (κ2) is 6.50. The van der Waals surface area contributed by atoms with E-state index in [0.29, 0.717) is 5.56 Å². The zero-order valence-corrected chi connectivity index (χ0v) is 13.1. The number of phenolic OH excluding ortho intramolecular Hbond substituents is 1. The number of allylic oxidation sites excluding steroid dienone is 4. The van der Waals surface area contributed by atoms with Crippen molar-refractivity contribution in [3.8, 4) is 5.75 Å². The third kappa shape index (κ3) is 4.39. The summed E-state index contributed by atoms with van der Waals surface area (Å²) in [6, 6.07) is 6.08. The number of nitrogens with zero attached hydrogens (tertiary/aromatic N) is 1. The lowest BCUT2D eigenvalue weighted by atomic mass is 9.87. The second-order valence-electron chi connectivity index (χ2n) is 5.15. The summed E-state index contributed by atoms with van der Waals surface area (Å²) in [5.74, 6) is -1.04. The van der Waals surface area contributed by atoms with Crippen LogP contribution in [0.1, 0.15) is 24.8 Å². The molecular weight excluding hydrogens is 321 g/mol. The summed E-state index contributed by atoms with van der Waals surface area (Å²) in [6.07, 6.45) is 2.38. The Morgan fingerprint density at radius 3 is 2.35 bits per heavy atom. The molecule has 0 aromatic heterocycles. The number of hydrogen-bond acceptors (Lipinski definition) is 4. The summed E-state index contributed by atoms with van der Waals surface area (Å²) >= 11 is 0. The fraction of sp³-hybridized carbons (Fsp3) is 0.200. The van der Waals surface area contributed by atoms with Crippen molar-refractivity contribution in [2.24, 2.45) is 4.76 Å². The van der Waals surface area contributed by atoms with Crippen molar-refractivity contribution in [2.75, 3.05) is 0 Å². The predicted octanol–water partition coefficient (Wildman–Crippen LogP) is 2.37. The smallest absolute Gasteiger partial charge is 0.448 e. The van der Waals surface area contributed by atoms with Crippen molar-refractivity contribution in [1.82, 2.24) is 0 Å². The molecule has 23 heavy (non-hydrogen) atoms. The second-order valence-corrected chi connectivity index (χ2v) is 6.38. The highest BCUT2D eigenvalue weighted by molar-refractivity contribution is 7.50. The first-order valence-electron chi connectivity index (χ1n) is 6.75. The highest BCUT2D eigenvalue weighted by Gasteiger charge is 2.27. The minimum absolute atomic E-state index is 0.0479. The van der Waals surface area contributed by atoms with Gasteiger partial charge in [-0.15, -0.1) is 0 Å². The van der Waals surface area contributed by atoms with Gasteiger partial charge in [0.1, 0.15) is 5.75 Å². The van der Waals surface area contributed by atoms with Gasteiger partial charge >= 0.3 is 7.75 Å². The van der Waals surface area contributed by atoms with Crippen LogP contribution in [0.3, 0.4) is 0 Å². The first-order chi connectivity index (χ1) is 10.7. The van der Waals surface area contributed by atoms with Crippen molar-refractivity contribution in [3.05, 3.63) is 53.3 Å². The highest BCUT2D eigenvalue weighted by Crippen LogP contribution is 2.39. The zero-order chi connectivity index (χ0) is 17.2. The van der Waals surface area contributed by atoms with E-state index in [4.69, 9.17) is 9.79 Å². The van der Waals surface area contributed by atoms with E-state index in [1.165, 1.54) is 24.3 Å². The van der Waals surface area contributed by atoms with Crippen LogP contribution >= 0.6 is 7.75 Å². The number of phenols is 1. The van der Waals surface area contributed by atoms with Gasteiger partial charge in [0.15, 0.2) is 5.78 Å². The quantitative estimate of drug-likeness (QED) is 0.625. The molecule has 1 aromatic carbocycles. The van der Waals surface area contributed by atoms with Crippen molar-refractivity contribution in [3.63, 3.8) is 0 Å². The van der Waals surface area contributed by atoms with Crippen LogP contribution in [0.15, 0.2) is 52.5 Å². The van der Waals surface area contributed by atoms with E-state index in [1.54, 1.807) is 19.1 Å². The lowest BCUT2D eigenvalue weighted by Crippen LogP contribution is -2.21. The van der Waals surface area contributed by atoms with Crippen molar-refractivity contribution in [2.45, 2.75) is 19.3 Å². The first kappa shape index (κ1) is 17.1. The maximum Gasteiger partial charge on any atom is 0.448 e. The molecule has 8 heteroatoms. The van der Waals surface area contributed by atoms with E-state index >= 15 is 0 Å². The van der Waals surface area contributed by atoms with Crippen molar-refractivity contribution >= 4 is 19.2 Å². The lowest BCUT2D eigenvalue weighted by molar-refractivity contribution is -0.116. The van der Waals surface area contributed by atoms with E-state index in [0.717, 1.165) is 0 Å². The molecule has 0 fully saturated rings. The number of benzene rings is 1. The van der Waals surface area contributed by atoms with Gasteiger partial charge in [-0.25, -0.2) is 4.57 Å². The maximum atomic E-state index is 12.6. The standard InChI is InChI=1S/C15H16NO6P/c1-9(10-2-4-11(17)5-3-10)15(19)13-7-6-12(18)8-14(13)16-23(20,21)22/h2-7,9,17-18H,8H2,1H3,(H2,20,21,22). The number of carbonyl (C=O) groups is 1. The summed E-state index contributed by atoms with van der Waals surface area (Å²) in [5.41, 5.74) is 0.545. The minimum atomic E-state index is -4.72. The Morgan fingerprint density at radius 2 is 1.78 bits per heavy atom. The molecule has 7 nitrogen and oxygen atoms in total. The minimum Gasteiger partial charge on any atom is -0.512 e. The maximum absolute atomic E-state index is 12.6. The molecule has 0 spiro atoms. The van der Waals surface area contributed by atoms with Crippen LogP contribution in [-0.4, -0.2) is 31.5 Å². The van der Waals surface area contributed by atoms with Gasteiger partial charge in [0.2, 0.25) is 0 Å². The van der Waals surface area contributed by atoms with Crippen LogP contribution in [0.4, 0.5) is 0 Å². The van der Waals surface area contributed by atoms with Crippen LogP contribution in [0.5, 0.6) is 5.75 Å². The molecule has 0 saturated heterocycles. The van der Waals surface area contributed by atoms with E-state index in [2.05, 4.69) is 4.76 Å². The molecule has 0 heterocycles. The fourth-order valence-electron chi connectivity index (χ4n) is 2.22. The molecule has 0 aliphatic heterocycles. The number of carbonyl (C=O) groups excluding carboxylic acids is 1. The number of rotatable bonds is 4. The van der Waals surface area contributed by atoms with Gasteiger partial charge in [-0.3, -0.25) is 4.79 Å². The van der Waals surface area contributed by atoms with Gasteiger partial charge in [0.25, 0.3) is 0 Å². The molecule has 1 aliphatic rings. The molecule has 0 radical (unpaired) electrons. The van der Waals surface area contributed by atoms with E-state index in [1.807, 2.05) is 0 Å². The molecule has 0 bridgehead atoms. The molecule has 122 valence electrons. The molecule has 0 saturated carbocycles. The number of ketones is 1. The summed E-state index contributed by atoms with van der Waals surface area (Å²) in [5, 5.41) is 18.8. The zero-order valence-electron chi connectivity index (χ0n) is 12.2. The number of Topliss-reactive ketones (excluding diaryl/α,β-unsaturated/α-hetero) is 1. The van der Waals surface area contributed by atoms with E-state index in [-0.39, 0.29) is 35.0 Å². The Bertz CT molecular complexity index is 757. The van der Waals surface area contributed by atoms with Crippen molar-refractivity contribution in [1.29, 1.82) is 0 Å². The summed E-state index contributed by atoms with van der Waals surface area (Å²) < 4.78 is 14.4. The van der Waals surface area contributed by atoms with Crippen LogP contribution in [0, 0.1) is 0 Å². The molecule has 1 aromatic rings. The molecule has 1 aliphatic carbocycles. The molecule has 2 rings (SSSR count). The van der Waals surface area contributed by atoms with Gasteiger partial charge in [-0.1, -0.05) is 19.1 Å². The lowest BCUT2D eigenvalue weighted by Gasteiger charge is -2.18. The van der Waals surface area contributed by atoms with E-state index in [9.17, 15) is 19.6 Å². The number of hydrogen-bond donors (Lipinski definition) is 4. The Kier molecular flexibility index (Phi) is 4.85. The van der Waals surface area contributed by atoms with Crippen LogP contribution in [-0.2, 0) is 9.36 Å². The summed E-state index contributed by atoms with van der Waals surface area (Å²) in [7, 11) is -4.72. The average Bonchev–Trinajstić information content (AvgIpc) is 2.45. The summed E-state index contributed by atoms with van der Waals surface area (Å²) in [4.78, 5) is 30.6. The van der Waals surface area contributed by atoms with Gasteiger partial charge in [0, 0.05) is 17.9 Å². The molecule has 4 N–H and O–H groups in total. The Balaban J connectivity index is 2.36. The fourth-order valence-corrected chi connectivity index (χ4v) is 2.71. The summed E-state index contributed by atoms with van der Waals surface area (Å²) in [6.45, 7) is 1.64. The topological polar surface area (TPSA) is 127 Å². The number of aromatic hydroxyl groups is 1. The average molecular weight is 337 g/mol. The van der Waals surface area contributed by atoms with Gasteiger partial charge in [0.05, 0.1) is 11.5 Å². The number of aliphatic hydroxyl groups is 1. The third-order valence-electron chi connectivity index (χ3n) is 3.40. The third-order valence-corrected chi connectivity index (χ3v) is 3.91.